The molecule has 3 aromatic rings. The van der Waals surface area contributed by atoms with Crippen LogP contribution < -0.4 is 10.6 Å². The molecule has 2 aliphatic heterocycles. The second kappa shape index (κ2) is 8.09. The molecule has 0 saturated carbocycles. The van der Waals surface area contributed by atoms with Gasteiger partial charge < -0.3 is 15.4 Å². The third kappa shape index (κ3) is 4.22. The predicted octanol–water partition coefficient (Wildman–Crippen LogP) is 3.82. The number of nitrogens with zero attached hydrogens (tertiary/aromatic N) is 5. The first kappa shape index (κ1) is 20.2. The maximum Gasteiger partial charge on any atom is 0.227 e. The summed E-state index contributed by atoms with van der Waals surface area (Å²) < 4.78 is 7.52. The van der Waals surface area contributed by atoms with Gasteiger partial charge in [-0.3, -0.25) is 9.58 Å². The molecule has 0 spiro atoms. The fraction of sp³-hybridized carbons (Fsp3) is 0.522. The van der Waals surface area contributed by atoms with E-state index in [2.05, 4.69) is 69.4 Å². The molecule has 8 nitrogen and oxygen atoms in total. The molecule has 0 amide bonds. The highest BCUT2D eigenvalue weighted by Gasteiger charge is 2.41. The summed E-state index contributed by atoms with van der Waals surface area (Å²) in [6, 6.07) is 6.97. The van der Waals surface area contributed by atoms with Crippen molar-refractivity contribution < 1.29 is 4.74 Å². The third-order valence-corrected chi connectivity index (χ3v) is 6.32. The van der Waals surface area contributed by atoms with E-state index in [9.17, 15) is 0 Å². The zero-order valence-electron chi connectivity index (χ0n) is 18.5. The molecule has 164 valence electrons. The average molecular weight is 422 g/mol. The van der Waals surface area contributed by atoms with Crippen LogP contribution in [0.2, 0.25) is 0 Å². The highest BCUT2D eigenvalue weighted by Crippen LogP contribution is 2.31. The number of rotatable bonds is 6. The topological polar surface area (TPSA) is 80.1 Å². The third-order valence-electron chi connectivity index (χ3n) is 6.32. The van der Waals surface area contributed by atoms with Crippen molar-refractivity contribution in [3.63, 3.8) is 0 Å². The average Bonchev–Trinajstić information content (AvgIpc) is 3.20. The molecule has 31 heavy (non-hydrogen) atoms. The number of aromatic nitrogens is 4. The molecule has 2 saturated heterocycles. The molecule has 2 aliphatic rings. The molecular weight excluding hydrogens is 390 g/mol. The van der Waals surface area contributed by atoms with Gasteiger partial charge in [0, 0.05) is 42.6 Å². The smallest absolute Gasteiger partial charge is 0.227 e. The van der Waals surface area contributed by atoms with E-state index in [1.807, 2.05) is 18.5 Å². The lowest BCUT2D eigenvalue weighted by molar-refractivity contribution is -0.137. The Kier molecular flexibility index (Phi) is 5.27. The van der Waals surface area contributed by atoms with Gasteiger partial charge >= 0.3 is 0 Å². The largest absolute Gasteiger partial charge is 0.383 e. The molecule has 0 radical (unpaired) electrons. The number of ether oxygens (including phenoxy) is 1. The minimum Gasteiger partial charge on any atom is -0.383 e. The van der Waals surface area contributed by atoms with Gasteiger partial charge in [0.25, 0.3) is 0 Å². The van der Waals surface area contributed by atoms with Gasteiger partial charge in [0.1, 0.15) is 0 Å². The van der Waals surface area contributed by atoms with E-state index in [1.165, 1.54) is 0 Å². The summed E-state index contributed by atoms with van der Waals surface area (Å²) in [6.45, 7) is 10.4. The quantitative estimate of drug-likeness (QED) is 0.626. The molecule has 5 rings (SSSR count). The van der Waals surface area contributed by atoms with Gasteiger partial charge in [-0.2, -0.15) is 5.10 Å². The summed E-state index contributed by atoms with van der Waals surface area (Å²) >= 11 is 0. The van der Waals surface area contributed by atoms with Crippen LogP contribution in [0.4, 0.5) is 17.3 Å². The molecule has 2 fully saturated rings. The summed E-state index contributed by atoms with van der Waals surface area (Å²) in [5.41, 5.74) is 3.13. The van der Waals surface area contributed by atoms with Crippen molar-refractivity contribution in [2.45, 2.75) is 51.2 Å². The molecule has 0 unspecified atom stereocenters. The molecule has 0 aliphatic carbocycles. The Morgan fingerprint density at radius 3 is 2.65 bits per heavy atom. The Hall–Kier alpha value is -2.71. The van der Waals surface area contributed by atoms with Crippen molar-refractivity contribution in [3.8, 4) is 0 Å². The van der Waals surface area contributed by atoms with Crippen LogP contribution in [0.5, 0.6) is 0 Å². The van der Waals surface area contributed by atoms with Crippen molar-refractivity contribution in [1.82, 2.24) is 24.6 Å². The maximum atomic E-state index is 5.43. The molecule has 2 N–H and O–H groups in total. The number of hydrogen-bond acceptors (Lipinski definition) is 7. The minimum absolute atomic E-state index is 0.236. The zero-order chi connectivity index (χ0) is 21.4. The zero-order valence-corrected chi connectivity index (χ0v) is 18.5. The lowest BCUT2D eigenvalue weighted by atomic mass is 9.93. The van der Waals surface area contributed by atoms with Crippen LogP contribution in [0.3, 0.4) is 0 Å². The minimum atomic E-state index is 0.236. The summed E-state index contributed by atoms with van der Waals surface area (Å²) in [6.07, 6.45) is 7.99. The van der Waals surface area contributed by atoms with Crippen molar-refractivity contribution in [2.24, 2.45) is 0 Å². The van der Waals surface area contributed by atoms with Gasteiger partial charge in [-0.1, -0.05) is 0 Å². The Balaban J connectivity index is 1.24. The van der Waals surface area contributed by atoms with Crippen molar-refractivity contribution in [2.75, 3.05) is 36.9 Å². The van der Waals surface area contributed by atoms with E-state index in [0.717, 1.165) is 61.4 Å². The Morgan fingerprint density at radius 1 is 1.13 bits per heavy atom. The Bertz CT molecular complexity index is 1050. The monoisotopic (exact) mass is 421 g/mol. The lowest BCUT2D eigenvalue weighted by Gasteiger charge is -2.49. The molecular formula is C23H31N7O. The number of likely N-dealkylation sites (tertiary alicyclic amines) is 1. The van der Waals surface area contributed by atoms with Crippen LogP contribution in [-0.4, -0.2) is 62.5 Å². The SMILES string of the molecule is CC(C)Nc1ccc2cnc(Nc3cnn(C4CCN(C5(C)COC5)CC4)c3)nc2c1. The number of anilines is 3. The highest BCUT2D eigenvalue weighted by molar-refractivity contribution is 5.82. The number of piperidine rings is 1. The highest BCUT2D eigenvalue weighted by atomic mass is 16.5. The number of fused-ring (bicyclic) bond motifs is 1. The van der Waals surface area contributed by atoms with E-state index in [1.54, 1.807) is 0 Å². The van der Waals surface area contributed by atoms with Crippen LogP contribution in [0.25, 0.3) is 10.9 Å². The van der Waals surface area contributed by atoms with E-state index in [4.69, 9.17) is 9.72 Å². The first-order valence-electron chi connectivity index (χ1n) is 11.2. The fourth-order valence-electron chi connectivity index (χ4n) is 4.49. The van der Waals surface area contributed by atoms with Gasteiger partial charge in [0.15, 0.2) is 0 Å². The van der Waals surface area contributed by atoms with Gasteiger partial charge in [-0.05, 0) is 51.8 Å². The second-order valence-corrected chi connectivity index (χ2v) is 9.31. The molecule has 2 aromatic heterocycles. The van der Waals surface area contributed by atoms with Crippen LogP contribution in [0, 0.1) is 0 Å². The molecule has 8 heteroatoms. The second-order valence-electron chi connectivity index (χ2n) is 9.31. The summed E-state index contributed by atoms with van der Waals surface area (Å²) in [7, 11) is 0. The van der Waals surface area contributed by atoms with E-state index >= 15 is 0 Å². The van der Waals surface area contributed by atoms with E-state index in [0.29, 0.717) is 18.0 Å². The number of nitrogens with one attached hydrogen (secondary N) is 2. The summed E-state index contributed by atoms with van der Waals surface area (Å²) in [5.74, 6) is 0.585. The molecule has 1 aromatic carbocycles. The predicted molar refractivity (Wildman–Crippen MR) is 123 cm³/mol. The van der Waals surface area contributed by atoms with Crippen molar-refractivity contribution in [1.29, 1.82) is 0 Å². The van der Waals surface area contributed by atoms with Crippen LogP contribution in [0.15, 0.2) is 36.8 Å². The standard InChI is InChI=1S/C23H31N7O/c1-16(2)26-18-5-4-17-11-24-22(28-21(17)10-18)27-19-12-25-30(13-19)20-6-8-29(9-7-20)23(3)14-31-15-23/h4-5,10-13,16,20,26H,6-9,14-15H2,1-3H3,(H,24,27,28). The first-order valence-corrected chi connectivity index (χ1v) is 11.2. The van der Waals surface area contributed by atoms with Crippen LogP contribution >= 0.6 is 0 Å². The fourth-order valence-corrected chi connectivity index (χ4v) is 4.49. The summed E-state index contributed by atoms with van der Waals surface area (Å²) in [4.78, 5) is 11.7. The van der Waals surface area contributed by atoms with Gasteiger partial charge in [0.05, 0.1) is 42.2 Å². The van der Waals surface area contributed by atoms with Crippen LogP contribution in [0.1, 0.15) is 39.7 Å². The Morgan fingerprint density at radius 2 is 1.94 bits per heavy atom. The van der Waals surface area contributed by atoms with Crippen LogP contribution in [-0.2, 0) is 4.74 Å². The maximum absolute atomic E-state index is 5.43. The van der Waals surface area contributed by atoms with Crippen molar-refractivity contribution >= 4 is 28.2 Å². The molecule has 0 atom stereocenters. The van der Waals surface area contributed by atoms with E-state index < -0.39 is 0 Å². The van der Waals surface area contributed by atoms with E-state index in [-0.39, 0.29) is 5.54 Å². The normalized spacial score (nSPS) is 19.5. The number of hydrogen-bond donors (Lipinski definition) is 2. The van der Waals surface area contributed by atoms with Crippen molar-refractivity contribution in [3.05, 3.63) is 36.8 Å². The first-order chi connectivity index (χ1) is 15.0. The van der Waals surface area contributed by atoms with Gasteiger partial charge in [-0.25, -0.2) is 9.97 Å². The summed E-state index contributed by atoms with van der Waals surface area (Å²) in [5, 5.41) is 12.4. The van der Waals surface area contributed by atoms with Gasteiger partial charge in [0.2, 0.25) is 5.95 Å². The van der Waals surface area contributed by atoms with Gasteiger partial charge in [-0.15, -0.1) is 0 Å². The molecule has 0 bridgehead atoms. The lowest BCUT2D eigenvalue weighted by Crippen LogP contribution is -2.61. The Labute approximate surface area is 183 Å². The number of benzene rings is 1. The molecule has 4 heterocycles.